The highest BCUT2D eigenvalue weighted by Crippen LogP contribution is 2.47. The molecular weight excluding hydrogens is 300 g/mol. The molecule has 1 aromatic rings. The zero-order chi connectivity index (χ0) is 17.2. The fraction of sp³-hybridized carbons (Fsp3) is 0.700. The lowest BCUT2D eigenvalue weighted by Gasteiger charge is -2.32. The summed E-state index contributed by atoms with van der Waals surface area (Å²) in [6.07, 6.45) is 10.3. The predicted molar refractivity (Wildman–Crippen MR) is 98.8 cm³/mol. The molecule has 1 saturated carbocycles. The fourth-order valence-electron chi connectivity index (χ4n) is 4.75. The number of benzene rings is 1. The van der Waals surface area contributed by atoms with Crippen LogP contribution in [0.25, 0.3) is 0 Å². The molecule has 3 rings (SSSR count). The molecule has 1 heterocycles. The van der Waals surface area contributed by atoms with Crippen molar-refractivity contribution in [3.8, 4) is 0 Å². The lowest BCUT2D eigenvalue weighted by Crippen LogP contribution is -2.33. The second kappa shape index (κ2) is 7.12. The summed E-state index contributed by atoms with van der Waals surface area (Å²) >= 11 is 0. The maximum atomic E-state index is 11.2. The van der Waals surface area contributed by atoms with E-state index in [1.54, 1.807) is 12.1 Å². The highest BCUT2D eigenvalue weighted by molar-refractivity contribution is 5.66. The number of unbranched alkanes of at least 4 members (excludes halogenated alkanes) is 1. The third-order valence-corrected chi connectivity index (χ3v) is 5.97. The lowest BCUT2D eigenvalue weighted by atomic mass is 9.73. The molecule has 1 aliphatic carbocycles. The summed E-state index contributed by atoms with van der Waals surface area (Å²) in [5, 5.41) is 11.2. The van der Waals surface area contributed by atoms with Crippen LogP contribution in [0.5, 0.6) is 0 Å². The van der Waals surface area contributed by atoms with Crippen LogP contribution >= 0.6 is 0 Å². The Morgan fingerprint density at radius 1 is 1.29 bits per heavy atom. The SMILES string of the molecule is CCCCN1CC(C)(CC2CCCCC2)c2ccc([N+](=O)[O-])cc21. The smallest absolute Gasteiger partial charge is 0.271 e. The van der Waals surface area contributed by atoms with Crippen LogP contribution in [0, 0.1) is 16.0 Å². The van der Waals surface area contributed by atoms with Crippen LogP contribution in [-0.4, -0.2) is 18.0 Å². The van der Waals surface area contributed by atoms with E-state index in [0.29, 0.717) is 0 Å². The van der Waals surface area contributed by atoms with E-state index in [4.69, 9.17) is 0 Å². The molecule has 0 saturated heterocycles. The first-order chi connectivity index (χ1) is 11.5. The Kier molecular flexibility index (Phi) is 5.12. The molecule has 1 unspecified atom stereocenters. The van der Waals surface area contributed by atoms with Gasteiger partial charge in [-0.15, -0.1) is 0 Å². The first kappa shape index (κ1) is 17.2. The Morgan fingerprint density at radius 3 is 2.71 bits per heavy atom. The molecule has 0 N–H and O–H groups in total. The zero-order valence-corrected chi connectivity index (χ0v) is 15.1. The van der Waals surface area contributed by atoms with Crippen LogP contribution in [0.2, 0.25) is 0 Å². The number of nitro benzene ring substituents is 1. The second-order valence-corrected chi connectivity index (χ2v) is 8.00. The number of hydrogen-bond acceptors (Lipinski definition) is 3. The van der Waals surface area contributed by atoms with Gasteiger partial charge in [0, 0.05) is 36.3 Å². The second-order valence-electron chi connectivity index (χ2n) is 8.00. The van der Waals surface area contributed by atoms with Crippen molar-refractivity contribution < 1.29 is 4.92 Å². The molecular formula is C20H30N2O2. The molecule has 0 amide bonds. The monoisotopic (exact) mass is 330 g/mol. The van der Waals surface area contributed by atoms with Crippen molar-refractivity contribution in [3.05, 3.63) is 33.9 Å². The van der Waals surface area contributed by atoms with Crippen molar-refractivity contribution >= 4 is 11.4 Å². The number of hydrogen-bond donors (Lipinski definition) is 0. The highest BCUT2D eigenvalue weighted by atomic mass is 16.6. The summed E-state index contributed by atoms with van der Waals surface area (Å²) in [7, 11) is 0. The van der Waals surface area contributed by atoms with Gasteiger partial charge in [-0.1, -0.05) is 52.4 Å². The van der Waals surface area contributed by atoms with Crippen LogP contribution < -0.4 is 4.90 Å². The number of nitro groups is 1. The van der Waals surface area contributed by atoms with Gasteiger partial charge in [0.05, 0.1) is 4.92 Å². The van der Waals surface area contributed by atoms with Crippen molar-refractivity contribution in [1.82, 2.24) is 0 Å². The topological polar surface area (TPSA) is 46.4 Å². The zero-order valence-electron chi connectivity index (χ0n) is 15.1. The summed E-state index contributed by atoms with van der Waals surface area (Å²) in [5.41, 5.74) is 2.79. The largest absolute Gasteiger partial charge is 0.370 e. The van der Waals surface area contributed by atoms with Gasteiger partial charge in [0.25, 0.3) is 5.69 Å². The van der Waals surface area contributed by atoms with E-state index < -0.39 is 0 Å². The first-order valence-corrected chi connectivity index (χ1v) is 9.57. The molecule has 132 valence electrons. The Hall–Kier alpha value is -1.58. The summed E-state index contributed by atoms with van der Waals surface area (Å²) < 4.78 is 0. The molecule has 1 atom stereocenters. The van der Waals surface area contributed by atoms with E-state index in [2.05, 4.69) is 18.7 Å². The van der Waals surface area contributed by atoms with E-state index in [1.807, 2.05) is 6.07 Å². The van der Waals surface area contributed by atoms with E-state index in [-0.39, 0.29) is 16.0 Å². The first-order valence-electron chi connectivity index (χ1n) is 9.57. The molecule has 2 aliphatic rings. The predicted octanol–water partition coefficient (Wildman–Crippen LogP) is 5.44. The van der Waals surface area contributed by atoms with Crippen LogP contribution in [0.15, 0.2) is 18.2 Å². The van der Waals surface area contributed by atoms with Gasteiger partial charge >= 0.3 is 0 Å². The normalized spacial score (nSPS) is 24.2. The molecule has 0 spiro atoms. The third kappa shape index (κ3) is 3.42. The minimum absolute atomic E-state index is 0.139. The van der Waals surface area contributed by atoms with Crippen LogP contribution in [-0.2, 0) is 5.41 Å². The molecule has 1 aromatic carbocycles. The quantitative estimate of drug-likeness (QED) is 0.515. The summed E-state index contributed by atoms with van der Waals surface area (Å²) in [6.45, 7) is 6.59. The number of nitrogens with zero attached hydrogens (tertiary/aromatic N) is 2. The molecule has 0 bridgehead atoms. The summed E-state index contributed by atoms with van der Waals surface area (Å²) in [6, 6.07) is 5.53. The van der Waals surface area contributed by atoms with Crippen molar-refractivity contribution in [2.45, 2.75) is 70.6 Å². The van der Waals surface area contributed by atoms with Gasteiger partial charge in [-0.25, -0.2) is 0 Å². The minimum Gasteiger partial charge on any atom is -0.370 e. The Bertz CT molecular complexity index is 595. The summed E-state index contributed by atoms with van der Waals surface area (Å²) in [4.78, 5) is 13.3. The molecule has 4 heteroatoms. The molecule has 0 radical (unpaired) electrons. The Balaban J connectivity index is 1.88. The molecule has 0 aromatic heterocycles. The van der Waals surface area contributed by atoms with Gasteiger partial charge in [0.2, 0.25) is 0 Å². The van der Waals surface area contributed by atoms with Crippen molar-refractivity contribution in [2.75, 3.05) is 18.0 Å². The molecule has 1 fully saturated rings. The van der Waals surface area contributed by atoms with E-state index in [1.165, 1.54) is 44.1 Å². The standard InChI is InChI=1S/C20H30N2O2/c1-3-4-12-21-15-20(2,14-16-8-6-5-7-9-16)18-11-10-17(22(23)24)13-19(18)21/h10-11,13,16H,3-9,12,14-15H2,1-2H3. The maximum Gasteiger partial charge on any atom is 0.271 e. The lowest BCUT2D eigenvalue weighted by molar-refractivity contribution is -0.384. The Labute approximate surface area is 145 Å². The van der Waals surface area contributed by atoms with Crippen molar-refractivity contribution in [1.29, 1.82) is 0 Å². The van der Waals surface area contributed by atoms with Gasteiger partial charge in [-0.05, 0) is 30.4 Å². The van der Waals surface area contributed by atoms with E-state index >= 15 is 0 Å². The van der Waals surface area contributed by atoms with Gasteiger partial charge in [-0.2, -0.15) is 0 Å². The van der Waals surface area contributed by atoms with Gasteiger partial charge < -0.3 is 4.90 Å². The molecule has 24 heavy (non-hydrogen) atoms. The summed E-state index contributed by atoms with van der Waals surface area (Å²) in [5.74, 6) is 0.818. The fourth-order valence-corrected chi connectivity index (χ4v) is 4.75. The molecule has 1 aliphatic heterocycles. The molecule has 4 nitrogen and oxygen atoms in total. The van der Waals surface area contributed by atoms with Crippen LogP contribution in [0.3, 0.4) is 0 Å². The van der Waals surface area contributed by atoms with Gasteiger partial charge in [0.15, 0.2) is 0 Å². The highest BCUT2D eigenvalue weighted by Gasteiger charge is 2.41. The van der Waals surface area contributed by atoms with Crippen molar-refractivity contribution in [2.24, 2.45) is 5.92 Å². The van der Waals surface area contributed by atoms with Crippen molar-refractivity contribution in [3.63, 3.8) is 0 Å². The number of non-ortho nitro benzene ring substituents is 1. The number of fused-ring (bicyclic) bond motifs is 1. The maximum absolute atomic E-state index is 11.2. The van der Waals surface area contributed by atoms with E-state index in [0.717, 1.165) is 37.5 Å². The van der Waals surface area contributed by atoms with Crippen LogP contribution in [0.4, 0.5) is 11.4 Å². The average molecular weight is 330 g/mol. The Morgan fingerprint density at radius 2 is 2.04 bits per heavy atom. The van der Waals surface area contributed by atoms with Crippen LogP contribution in [0.1, 0.15) is 70.8 Å². The third-order valence-electron chi connectivity index (χ3n) is 5.97. The average Bonchev–Trinajstić information content (AvgIpc) is 2.85. The number of rotatable bonds is 6. The van der Waals surface area contributed by atoms with Gasteiger partial charge in [0.1, 0.15) is 0 Å². The minimum atomic E-state index is -0.269. The van der Waals surface area contributed by atoms with Gasteiger partial charge in [-0.3, -0.25) is 10.1 Å². The number of anilines is 1. The van der Waals surface area contributed by atoms with E-state index in [9.17, 15) is 10.1 Å².